The van der Waals surface area contributed by atoms with Crippen LogP contribution in [0.3, 0.4) is 0 Å². The SMILES string of the molecule is Cl.O=C(Nc1ccccc1SC(F)(F)F)[C@@H]1CCCNC1. The van der Waals surface area contributed by atoms with Gasteiger partial charge in [0.15, 0.2) is 0 Å². The number of halogens is 4. The number of hydrogen-bond acceptors (Lipinski definition) is 3. The number of anilines is 1. The van der Waals surface area contributed by atoms with Gasteiger partial charge in [-0.1, -0.05) is 12.1 Å². The lowest BCUT2D eigenvalue weighted by molar-refractivity contribution is -0.120. The molecule has 1 amide bonds. The summed E-state index contributed by atoms with van der Waals surface area (Å²) in [5.41, 5.74) is -4.15. The maximum atomic E-state index is 12.5. The van der Waals surface area contributed by atoms with E-state index in [4.69, 9.17) is 0 Å². The summed E-state index contributed by atoms with van der Waals surface area (Å²) in [6, 6.07) is 5.97. The highest BCUT2D eigenvalue weighted by molar-refractivity contribution is 8.00. The van der Waals surface area contributed by atoms with Gasteiger partial charge in [0.05, 0.1) is 11.6 Å². The summed E-state index contributed by atoms with van der Waals surface area (Å²) in [5.74, 6) is -0.417. The summed E-state index contributed by atoms with van der Waals surface area (Å²) >= 11 is -0.214. The molecule has 2 N–H and O–H groups in total. The normalized spacial score (nSPS) is 18.7. The molecular weight excluding hydrogens is 325 g/mol. The second kappa shape index (κ2) is 7.91. The van der Waals surface area contributed by atoms with E-state index < -0.39 is 5.51 Å². The van der Waals surface area contributed by atoms with Gasteiger partial charge in [-0.15, -0.1) is 12.4 Å². The Morgan fingerprint density at radius 2 is 2.05 bits per heavy atom. The van der Waals surface area contributed by atoms with E-state index in [-0.39, 0.29) is 46.6 Å². The average molecular weight is 341 g/mol. The molecule has 1 fully saturated rings. The smallest absolute Gasteiger partial charge is 0.325 e. The highest BCUT2D eigenvalue weighted by Gasteiger charge is 2.31. The van der Waals surface area contributed by atoms with Crippen LogP contribution in [0.5, 0.6) is 0 Å². The van der Waals surface area contributed by atoms with Gasteiger partial charge in [-0.25, -0.2) is 0 Å². The van der Waals surface area contributed by atoms with E-state index in [0.717, 1.165) is 19.4 Å². The molecule has 1 aliphatic rings. The molecule has 118 valence electrons. The standard InChI is InChI=1S/C13H15F3N2OS.ClH/c14-13(15,16)20-11-6-2-1-5-10(11)18-12(19)9-4-3-7-17-8-9;/h1-2,5-6,9,17H,3-4,7-8H2,(H,18,19);1H/t9-;/m1./s1. The minimum atomic E-state index is -4.37. The van der Waals surface area contributed by atoms with Crippen LogP contribution in [0.15, 0.2) is 29.2 Å². The van der Waals surface area contributed by atoms with Gasteiger partial charge in [-0.05, 0) is 43.3 Å². The van der Waals surface area contributed by atoms with Crippen LogP contribution in [0.4, 0.5) is 18.9 Å². The Morgan fingerprint density at radius 1 is 1.33 bits per heavy atom. The van der Waals surface area contributed by atoms with Gasteiger partial charge >= 0.3 is 5.51 Å². The van der Waals surface area contributed by atoms with Crippen LogP contribution < -0.4 is 10.6 Å². The number of para-hydroxylation sites is 1. The molecule has 0 radical (unpaired) electrons. The number of rotatable bonds is 3. The Hall–Kier alpha value is -0.920. The molecule has 21 heavy (non-hydrogen) atoms. The number of hydrogen-bond donors (Lipinski definition) is 2. The minimum Gasteiger partial charge on any atom is -0.325 e. The summed E-state index contributed by atoms with van der Waals surface area (Å²) < 4.78 is 37.4. The monoisotopic (exact) mass is 340 g/mol. The predicted octanol–water partition coefficient (Wildman–Crippen LogP) is 3.66. The van der Waals surface area contributed by atoms with E-state index in [0.29, 0.717) is 6.54 Å². The first-order valence-corrected chi connectivity index (χ1v) is 7.14. The molecule has 1 aliphatic heterocycles. The zero-order valence-corrected chi connectivity index (χ0v) is 12.7. The van der Waals surface area contributed by atoms with Crippen LogP contribution in [0.1, 0.15) is 12.8 Å². The molecule has 8 heteroatoms. The number of piperidine rings is 1. The lowest BCUT2D eigenvalue weighted by Gasteiger charge is -2.22. The van der Waals surface area contributed by atoms with Crippen LogP contribution in [0, 0.1) is 5.92 Å². The molecule has 0 unspecified atom stereocenters. The topological polar surface area (TPSA) is 41.1 Å². The molecular formula is C13H16ClF3N2OS. The van der Waals surface area contributed by atoms with Crippen molar-refractivity contribution >= 4 is 35.8 Å². The van der Waals surface area contributed by atoms with Gasteiger partial charge in [-0.2, -0.15) is 13.2 Å². The molecule has 0 spiro atoms. The second-order valence-electron chi connectivity index (χ2n) is 4.58. The molecule has 0 aromatic heterocycles. The number of benzene rings is 1. The van der Waals surface area contributed by atoms with Crippen LogP contribution in [-0.4, -0.2) is 24.5 Å². The van der Waals surface area contributed by atoms with E-state index in [1.165, 1.54) is 18.2 Å². The molecule has 3 nitrogen and oxygen atoms in total. The summed E-state index contributed by atoms with van der Waals surface area (Å²) in [5, 5.41) is 5.71. The van der Waals surface area contributed by atoms with Gasteiger partial charge in [0.25, 0.3) is 0 Å². The van der Waals surface area contributed by atoms with Gasteiger partial charge in [-0.3, -0.25) is 4.79 Å². The first-order valence-electron chi connectivity index (χ1n) is 6.32. The summed E-state index contributed by atoms with van der Waals surface area (Å²) in [6.07, 6.45) is 1.66. The molecule has 0 saturated carbocycles. The van der Waals surface area contributed by atoms with Crippen molar-refractivity contribution in [2.45, 2.75) is 23.2 Å². The van der Waals surface area contributed by atoms with Crippen molar-refractivity contribution < 1.29 is 18.0 Å². The molecule has 1 heterocycles. The van der Waals surface area contributed by atoms with Crippen molar-refractivity contribution in [3.05, 3.63) is 24.3 Å². The Labute approximate surface area is 131 Å². The fourth-order valence-electron chi connectivity index (χ4n) is 2.09. The number of thioether (sulfide) groups is 1. The quantitative estimate of drug-likeness (QED) is 0.825. The highest BCUT2D eigenvalue weighted by atomic mass is 35.5. The molecule has 2 rings (SSSR count). The largest absolute Gasteiger partial charge is 0.446 e. The van der Waals surface area contributed by atoms with E-state index >= 15 is 0 Å². The molecule has 1 aromatic carbocycles. The molecule has 0 aliphatic carbocycles. The van der Waals surface area contributed by atoms with Gasteiger partial charge in [0, 0.05) is 11.4 Å². The Bertz CT molecular complexity index is 479. The Kier molecular flexibility index (Phi) is 6.83. The van der Waals surface area contributed by atoms with Crippen molar-refractivity contribution in [1.82, 2.24) is 5.32 Å². The van der Waals surface area contributed by atoms with Crippen molar-refractivity contribution in [1.29, 1.82) is 0 Å². The van der Waals surface area contributed by atoms with E-state index in [2.05, 4.69) is 10.6 Å². The van der Waals surface area contributed by atoms with Crippen LogP contribution >= 0.6 is 24.2 Å². The number of amides is 1. The van der Waals surface area contributed by atoms with Crippen LogP contribution in [-0.2, 0) is 4.79 Å². The zero-order chi connectivity index (χ0) is 14.6. The third-order valence-corrected chi connectivity index (χ3v) is 3.85. The van der Waals surface area contributed by atoms with Gasteiger partial charge < -0.3 is 10.6 Å². The lowest BCUT2D eigenvalue weighted by atomic mass is 9.99. The number of nitrogens with one attached hydrogen (secondary N) is 2. The first-order chi connectivity index (χ1) is 9.46. The van der Waals surface area contributed by atoms with Gasteiger partial charge in [0.1, 0.15) is 0 Å². The van der Waals surface area contributed by atoms with Crippen molar-refractivity contribution in [2.75, 3.05) is 18.4 Å². The minimum absolute atomic E-state index is 0. The molecule has 1 saturated heterocycles. The first kappa shape index (κ1) is 18.1. The predicted molar refractivity (Wildman–Crippen MR) is 79.8 cm³/mol. The third kappa shape index (κ3) is 5.76. The summed E-state index contributed by atoms with van der Waals surface area (Å²) in [7, 11) is 0. The van der Waals surface area contributed by atoms with Gasteiger partial charge in [0.2, 0.25) is 5.91 Å². The second-order valence-corrected chi connectivity index (χ2v) is 5.68. The van der Waals surface area contributed by atoms with Crippen LogP contribution in [0.25, 0.3) is 0 Å². The number of carbonyl (C=O) groups is 1. The zero-order valence-electron chi connectivity index (χ0n) is 11.1. The van der Waals surface area contributed by atoms with E-state index in [9.17, 15) is 18.0 Å². The molecule has 1 aromatic rings. The van der Waals surface area contributed by atoms with Crippen molar-refractivity contribution in [2.24, 2.45) is 5.92 Å². The lowest BCUT2D eigenvalue weighted by Crippen LogP contribution is -2.37. The average Bonchev–Trinajstić information content (AvgIpc) is 2.40. The third-order valence-electron chi connectivity index (χ3n) is 3.04. The summed E-state index contributed by atoms with van der Waals surface area (Å²) in [4.78, 5) is 12.1. The Morgan fingerprint density at radius 3 is 2.67 bits per heavy atom. The maximum absolute atomic E-state index is 12.5. The fraction of sp³-hybridized carbons (Fsp3) is 0.462. The van der Waals surface area contributed by atoms with Crippen LogP contribution in [0.2, 0.25) is 0 Å². The highest BCUT2D eigenvalue weighted by Crippen LogP contribution is 2.40. The van der Waals surface area contributed by atoms with E-state index in [1.54, 1.807) is 6.07 Å². The van der Waals surface area contributed by atoms with Crippen molar-refractivity contribution in [3.8, 4) is 0 Å². The fourth-order valence-corrected chi connectivity index (χ4v) is 2.72. The van der Waals surface area contributed by atoms with Crippen molar-refractivity contribution in [3.63, 3.8) is 0 Å². The maximum Gasteiger partial charge on any atom is 0.446 e. The Balaban J connectivity index is 0.00000220. The molecule has 0 bridgehead atoms. The number of carbonyl (C=O) groups excluding carboxylic acids is 1. The van der Waals surface area contributed by atoms with E-state index in [1.807, 2.05) is 0 Å². The molecule has 1 atom stereocenters. The summed E-state index contributed by atoms with van der Waals surface area (Å²) in [6.45, 7) is 1.45. The number of alkyl halides is 3.